The molecule has 1 aromatic carbocycles. The molecule has 1 spiro atoms. The van der Waals surface area contributed by atoms with Crippen molar-refractivity contribution in [3.8, 4) is 5.75 Å². The van der Waals surface area contributed by atoms with Crippen LogP contribution in [0.2, 0.25) is 0 Å². The molecule has 28 heavy (non-hydrogen) atoms. The van der Waals surface area contributed by atoms with E-state index in [9.17, 15) is 0 Å². The van der Waals surface area contributed by atoms with Gasteiger partial charge in [-0.3, -0.25) is 4.99 Å². The molecule has 3 aliphatic rings. The van der Waals surface area contributed by atoms with Gasteiger partial charge in [0.25, 0.3) is 0 Å². The van der Waals surface area contributed by atoms with Gasteiger partial charge in [0.05, 0.1) is 6.04 Å². The summed E-state index contributed by atoms with van der Waals surface area (Å²) in [6.45, 7) is 3.46. The Morgan fingerprint density at radius 3 is 2.71 bits per heavy atom. The van der Waals surface area contributed by atoms with Crippen molar-refractivity contribution in [1.29, 1.82) is 0 Å². The second-order valence-electron chi connectivity index (χ2n) is 8.97. The summed E-state index contributed by atoms with van der Waals surface area (Å²) in [5.41, 5.74) is 1.28. The van der Waals surface area contributed by atoms with Crippen LogP contribution in [0.5, 0.6) is 5.75 Å². The van der Waals surface area contributed by atoms with Crippen LogP contribution in [0.25, 0.3) is 0 Å². The van der Waals surface area contributed by atoms with E-state index in [0.29, 0.717) is 0 Å². The lowest BCUT2D eigenvalue weighted by molar-refractivity contribution is 0.0396. The van der Waals surface area contributed by atoms with Crippen LogP contribution in [0.3, 0.4) is 0 Å². The quantitative estimate of drug-likeness (QED) is 0.614. The van der Waals surface area contributed by atoms with E-state index in [1.54, 1.807) is 0 Å². The van der Waals surface area contributed by atoms with Crippen molar-refractivity contribution in [1.82, 2.24) is 15.5 Å². The Hall–Kier alpha value is -1.75. The number of nitrogens with one attached hydrogen (secondary N) is 2. The monoisotopic (exact) mass is 384 g/mol. The zero-order valence-corrected chi connectivity index (χ0v) is 17.5. The second-order valence-corrected chi connectivity index (χ2v) is 8.97. The predicted molar refractivity (Wildman–Crippen MR) is 115 cm³/mol. The molecule has 0 amide bonds. The summed E-state index contributed by atoms with van der Waals surface area (Å²) < 4.78 is 6.49. The van der Waals surface area contributed by atoms with Gasteiger partial charge in [0.2, 0.25) is 0 Å². The molecule has 1 aromatic rings. The van der Waals surface area contributed by atoms with Gasteiger partial charge in [-0.25, -0.2) is 0 Å². The van der Waals surface area contributed by atoms with E-state index in [2.05, 4.69) is 51.8 Å². The molecule has 1 unspecified atom stereocenters. The Kier molecular flexibility index (Phi) is 6.10. The Balaban J connectivity index is 1.36. The van der Waals surface area contributed by atoms with Crippen molar-refractivity contribution in [2.75, 3.05) is 33.7 Å². The lowest BCUT2D eigenvalue weighted by Gasteiger charge is -2.40. The van der Waals surface area contributed by atoms with Gasteiger partial charge in [0.15, 0.2) is 5.96 Å². The normalized spacial score (nSPS) is 25.4. The zero-order chi connectivity index (χ0) is 19.4. The number of hydrogen-bond acceptors (Lipinski definition) is 3. The van der Waals surface area contributed by atoms with Crippen molar-refractivity contribution in [2.45, 2.75) is 63.0 Å². The lowest BCUT2D eigenvalue weighted by atomic mass is 9.86. The largest absolute Gasteiger partial charge is 0.487 e. The van der Waals surface area contributed by atoms with Crippen LogP contribution in [0.4, 0.5) is 0 Å². The molecule has 2 heterocycles. The third-order valence-electron chi connectivity index (χ3n) is 6.93. The number of hydrogen-bond donors (Lipinski definition) is 2. The number of ether oxygens (including phenoxy) is 1. The highest BCUT2D eigenvalue weighted by Crippen LogP contribution is 2.46. The zero-order valence-electron chi connectivity index (χ0n) is 17.5. The van der Waals surface area contributed by atoms with E-state index in [1.165, 1.54) is 63.6 Å². The summed E-state index contributed by atoms with van der Waals surface area (Å²) in [7, 11) is 4.10. The highest BCUT2D eigenvalue weighted by molar-refractivity contribution is 5.80. The van der Waals surface area contributed by atoms with Crippen LogP contribution < -0.4 is 15.4 Å². The fourth-order valence-electron chi connectivity index (χ4n) is 5.18. The van der Waals surface area contributed by atoms with Crippen LogP contribution in [-0.4, -0.2) is 50.2 Å². The van der Waals surface area contributed by atoms with E-state index < -0.39 is 0 Å². The third-order valence-corrected chi connectivity index (χ3v) is 6.93. The standard InChI is InChI=1S/C23H36N4O/c1-24-22(25-14-9-18-10-15-27(2)16-11-18)26-20-17-23(12-5-6-13-23)28-21-8-4-3-7-19(20)21/h3-4,7-8,18,20H,5-6,9-17H2,1-2H3,(H2,24,25,26). The molecular weight excluding hydrogens is 348 g/mol. The highest BCUT2D eigenvalue weighted by Gasteiger charge is 2.43. The number of rotatable bonds is 4. The van der Waals surface area contributed by atoms with Crippen molar-refractivity contribution in [2.24, 2.45) is 10.9 Å². The maximum Gasteiger partial charge on any atom is 0.191 e. The van der Waals surface area contributed by atoms with E-state index >= 15 is 0 Å². The molecule has 2 aliphatic heterocycles. The minimum Gasteiger partial charge on any atom is -0.487 e. The Bertz CT molecular complexity index is 675. The summed E-state index contributed by atoms with van der Waals surface area (Å²) in [6.07, 6.45) is 9.78. The lowest BCUT2D eigenvalue weighted by Crippen LogP contribution is -2.47. The SMILES string of the molecule is CN=C(NCCC1CCN(C)CC1)NC1CC2(CCCC2)Oc2ccccc21. The number of piperidine rings is 1. The molecule has 2 fully saturated rings. The summed E-state index contributed by atoms with van der Waals surface area (Å²) >= 11 is 0. The molecule has 154 valence electrons. The van der Waals surface area contributed by atoms with Crippen LogP contribution >= 0.6 is 0 Å². The number of para-hydroxylation sites is 1. The number of aliphatic imine (C=N–C) groups is 1. The number of likely N-dealkylation sites (tertiary alicyclic amines) is 1. The average molecular weight is 385 g/mol. The van der Waals surface area contributed by atoms with E-state index in [-0.39, 0.29) is 11.6 Å². The van der Waals surface area contributed by atoms with Crippen LogP contribution in [0.15, 0.2) is 29.3 Å². The Morgan fingerprint density at radius 1 is 1.21 bits per heavy atom. The Labute approximate surface area is 169 Å². The first-order valence-electron chi connectivity index (χ1n) is 11.1. The maximum atomic E-state index is 6.49. The van der Waals surface area contributed by atoms with Crippen molar-refractivity contribution in [3.63, 3.8) is 0 Å². The molecule has 4 rings (SSSR count). The third kappa shape index (κ3) is 4.45. The van der Waals surface area contributed by atoms with Gasteiger partial charge in [0, 0.05) is 25.6 Å². The number of fused-ring (bicyclic) bond motifs is 1. The van der Waals surface area contributed by atoms with Gasteiger partial charge in [-0.1, -0.05) is 18.2 Å². The van der Waals surface area contributed by atoms with E-state index in [4.69, 9.17) is 4.74 Å². The van der Waals surface area contributed by atoms with Gasteiger partial charge < -0.3 is 20.3 Å². The first-order valence-corrected chi connectivity index (χ1v) is 11.1. The average Bonchev–Trinajstić information content (AvgIpc) is 3.16. The summed E-state index contributed by atoms with van der Waals surface area (Å²) in [5.74, 6) is 2.81. The highest BCUT2D eigenvalue weighted by atomic mass is 16.5. The number of nitrogens with zero attached hydrogens (tertiary/aromatic N) is 2. The second kappa shape index (κ2) is 8.73. The fraction of sp³-hybridized carbons (Fsp3) is 0.696. The molecule has 5 nitrogen and oxygen atoms in total. The molecule has 1 saturated heterocycles. The summed E-state index contributed by atoms with van der Waals surface area (Å²) in [5, 5.41) is 7.28. The van der Waals surface area contributed by atoms with Gasteiger partial charge in [-0.15, -0.1) is 0 Å². The Morgan fingerprint density at radius 2 is 1.96 bits per heavy atom. The maximum absolute atomic E-state index is 6.49. The first-order chi connectivity index (χ1) is 13.7. The van der Waals surface area contributed by atoms with Crippen LogP contribution in [-0.2, 0) is 0 Å². The van der Waals surface area contributed by atoms with Gasteiger partial charge >= 0.3 is 0 Å². The van der Waals surface area contributed by atoms with Gasteiger partial charge in [-0.05, 0) is 77.1 Å². The van der Waals surface area contributed by atoms with Crippen molar-refractivity contribution in [3.05, 3.63) is 29.8 Å². The molecular formula is C23H36N4O. The molecule has 1 saturated carbocycles. The van der Waals surface area contributed by atoms with Crippen molar-refractivity contribution >= 4 is 5.96 Å². The predicted octanol–water partition coefficient (Wildman–Crippen LogP) is 3.72. The molecule has 2 N–H and O–H groups in total. The minimum atomic E-state index is 0.0129. The van der Waals surface area contributed by atoms with Gasteiger partial charge in [0.1, 0.15) is 11.4 Å². The van der Waals surface area contributed by atoms with E-state index in [0.717, 1.165) is 30.6 Å². The topological polar surface area (TPSA) is 48.9 Å². The molecule has 1 atom stereocenters. The molecule has 0 bridgehead atoms. The van der Waals surface area contributed by atoms with E-state index in [1.807, 2.05) is 7.05 Å². The number of benzene rings is 1. The molecule has 1 aliphatic carbocycles. The molecule has 5 heteroatoms. The van der Waals surface area contributed by atoms with Crippen molar-refractivity contribution < 1.29 is 4.74 Å². The summed E-state index contributed by atoms with van der Waals surface area (Å²) in [4.78, 5) is 6.95. The molecule has 0 aromatic heterocycles. The fourth-order valence-corrected chi connectivity index (χ4v) is 5.18. The minimum absolute atomic E-state index is 0.0129. The smallest absolute Gasteiger partial charge is 0.191 e. The van der Waals surface area contributed by atoms with Gasteiger partial charge in [-0.2, -0.15) is 0 Å². The first kappa shape index (κ1) is 19.6. The van der Waals surface area contributed by atoms with Crippen LogP contribution in [0.1, 0.15) is 63.0 Å². The van der Waals surface area contributed by atoms with Crippen LogP contribution in [0, 0.1) is 5.92 Å². The number of guanidine groups is 1. The molecule has 0 radical (unpaired) electrons. The summed E-state index contributed by atoms with van der Waals surface area (Å²) in [6, 6.07) is 8.77.